The number of ether oxygens (including phenoxy) is 2. The van der Waals surface area contributed by atoms with Crippen LogP contribution in [0.15, 0.2) is 12.3 Å². The van der Waals surface area contributed by atoms with Gasteiger partial charge in [-0.3, -0.25) is 0 Å². The minimum atomic E-state index is 0.372. The van der Waals surface area contributed by atoms with Crippen LogP contribution in [0.2, 0.25) is 0 Å². The Labute approximate surface area is 89.8 Å². The molecule has 1 saturated carbocycles. The van der Waals surface area contributed by atoms with Gasteiger partial charge < -0.3 is 14.4 Å². The molecule has 1 aromatic rings. The molecule has 1 aliphatic rings. The largest absolute Gasteiger partial charge is 0.491 e. The van der Waals surface area contributed by atoms with Gasteiger partial charge in [-0.1, -0.05) is 0 Å². The van der Waals surface area contributed by atoms with Crippen LogP contribution in [0.4, 0.5) is 5.82 Å². The predicted octanol–water partition coefficient (Wildman–Crippen LogP) is 1.70. The Hall–Kier alpha value is -1.45. The van der Waals surface area contributed by atoms with Gasteiger partial charge in [-0.15, -0.1) is 0 Å². The highest BCUT2D eigenvalue weighted by Gasteiger charge is 2.25. The maximum atomic E-state index is 5.75. The van der Waals surface area contributed by atoms with Gasteiger partial charge in [0.1, 0.15) is 5.82 Å². The number of hydrogen-bond acceptors (Lipinski definition) is 4. The second-order valence-electron chi connectivity index (χ2n) is 3.90. The Kier molecular flexibility index (Phi) is 2.66. The highest BCUT2D eigenvalue weighted by Crippen LogP contribution is 2.34. The van der Waals surface area contributed by atoms with E-state index in [4.69, 9.17) is 9.47 Å². The van der Waals surface area contributed by atoms with E-state index in [2.05, 4.69) is 4.98 Å². The number of pyridine rings is 1. The van der Waals surface area contributed by atoms with Crippen LogP contribution >= 0.6 is 0 Å². The first kappa shape index (κ1) is 10.1. The Morgan fingerprint density at radius 2 is 2.07 bits per heavy atom. The van der Waals surface area contributed by atoms with Crippen LogP contribution in [0.25, 0.3) is 0 Å². The minimum Gasteiger partial charge on any atom is -0.491 e. The van der Waals surface area contributed by atoms with Gasteiger partial charge in [-0.2, -0.15) is 0 Å². The van der Waals surface area contributed by atoms with Crippen LogP contribution in [0, 0.1) is 0 Å². The molecule has 1 aromatic heterocycles. The SMILES string of the molecule is COc1cnc(N(C)C)cc1OC1CC1. The lowest BCUT2D eigenvalue weighted by Gasteiger charge is -2.15. The molecule has 0 radical (unpaired) electrons. The molecule has 0 bridgehead atoms. The second kappa shape index (κ2) is 3.96. The summed E-state index contributed by atoms with van der Waals surface area (Å²) in [6, 6.07) is 1.91. The number of nitrogens with zero attached hydrogens (tertiary/aromatic N) is 2. The molecule has 2 rings (SSSR count). The molecule has 82 valence electrons. The summed E-state index contributed by atoms with van der Waals surface area (Å²) in [5.74, 6) is 2.37. The number of methoxy groups -OCH3 is 1. The topological polar surface area (TPSA) is 34.6 Å². The van der Waals surface area contributed by atoms with Crippen molar-refractivity contribution >= 4 is 5.82 Å². The van der Waals surface area contributed by atoms with Crippen LogP contribution in [0.3, 0.4) is 0 Å². The van der Waals surface area contributed by atoms with Crippen molar-refractivity contribution in [2.45, 2.75) is 18.9 Å². The van der Waals surface area contributed by atoms with Crippen molar-refractivity contribution in [2.75, 3.05) is 26.1 Å². The average Bonchev–Trinajstić information content (AvgIpc) is 3.01. The fourth-order valence-electron chi connectivity index (χ4n) is 1.27. The summed E-state index contributed by atoms with van der Waals surface area (Å²) in [6.07, 6.45) is 4.36. The van der Waals surface area contributed by atoms with Gasteiger partial charge in [-0.25, -0.2) is 4.98 Å². The Balaban J connectivity index is 2.24. The molecular weight excluding hydrogens is 192 g/mol. The van der Waals surface area contributed by atoms with Crippen molar-refractivity contribution in [3.05, 3.63) is 12.3 Å². The van der Waals surface area contributed by atoms with Gasteiger partial charge >= 0.3 is 0 Å². The Morgan fingerprint density at radius 3 is 2.60 bits per heavy atom. The molecule has 1 heterocycles. The number of anilines is 1. The van der Waals surface area contributed by atoms with Gasteiger partial charge in [0.15, 0.2) is 11.5 Å². The first-order valence-electron chi connectivity index (χ1n) is 5.08. The zero-order chi connectivity index (χ0) is 10.8. The molecule has 0 spiro atoms. The van der Waals surface area contributed by atoms with E-state index < -0.39 is 0 Å². The number of hydrogen-bond donors (Lipinski definition) is 0. The summed E-state index contributed by atoms with van der Waals surface area (Å²) in [5.41, 5.74) is 0. The van der Waals surface area contributed by atoms with E-state index >= 15 is 0 Å². The number of aromatic nitrogens is 1. The van der Waals surface area contributed by atoms with Crippen molar-refractivity contribution < 1.29 is 9.47 Å². The van der Waals surface area contributed by atoms with Crippen molar-refractivity contribution in [2.24, 2.45) is 0 Å². The van der Waals surface area contributed by atoms with Gasteiger partial charge in [-0.05, 0) is 12.8 Å². The summed E-state index contributed by atoms with van der Waals surface area (Å²) in [6.45, 7) is 0. The van der Waals surface area contributed by atoms with Gasteiger partial charge in [0, 0.05) is 20.2 Å². The van der Waals surface area contributed by atoms with Gasteiger partial charge in [0.2, 0.25) is 0 Å². The molecule has 0 saturated heterocycles. The third-order valence-electron chi connectivity index (χ3n) is 2.31. The lowest BCUT2D eigenvalue weighted by atomic mass is 10.4. The summed E-state index contributed by atoms with van der Waals surface area (Å²) in [4.78, 5) is 6.20. The van der Waals surface area contributed by atoms with Crippen LogP contribution in [-0.2, 0) is 0 Å². The van der Waals surface area contributed by atoms with E-state index in [1.54, 1.807) is 13.3 Å². The molecule has 0 aromatic carbocycles. The molecule has 15 heavy (non-hydrogen) atoms. The molecule has 0 aliphatic heterocycles. The molecule has 0 atom stereocenters. The van der Waals surface area contributed by atoms with E-state index in [9.17, 15) is 0 Å². The zero-order valence-corrected chi connectivity index (χ0v) is 9.36. The normalized spacial score (nSPS) is 14.9. The molecule has 0 amide bonds. The highest BCUT2D eigenvalue weighted by atomic mass is 16.5. The van der Waals surface area contributed by atoms with E-state index in [1.807, 2.05) is 25.1 Å². The van der Waals surface area contributed by atoms with Gasteiger partial charge in [0.05, 0.1) is 19.4 Å². The lowest BCUT2D eigenvalue weighted by molar-refractivity contribution is 0.281. The van der Waals surface area contributed by atoms with Crippen molar-refractivity contribution in [3.63, 3.8) is 0 Å². The van der Waals surface area contributed by atoms with Crippen molar-refractivity contribution in [3.8, 4) is 11.5 Å². The summed E-state index contributed by atoms with van der Waals surface area (Å²) < 4.78 is 10.9. The van der Waals surface area contributed by atoms with Crippen LogP contribution in [-0.4, -0.2) is 32.3 Å². The second-order valence-corrected chi connectivity index (χ2v) is 3.90. The third-order valence-corrected chi connectivity index (χ3v) is 2.31. The first-order valence-corrected chi connectivity index (χ1v) is 5.08. The van der Waals surface area contributed by atoms with E-state index in [0.29, 0.717) is 11.9 Å². The highest BCUT2D eigenvalue weighted by molar-refractivity contribution is 5.49. The average molecular weight is 208 g/mol. The quantitative estimate of drug-likeness (QED) is 0.754. The minimum absolute atomic E-state index is 0.372. The van der Waals surface area contributed by atoms with Crippen LogP contribution in [0.1, 0.15) is 12.8 Å². The molecule has 4 heteroatoms. The summed E-state index contributed by atoms with van der Waals surface area (Å²) in [5, 5.41) is 0. The Bertz CT molecular complexity index is 348. The van der Waals surface area contributed by atoms with Crippen LogP contribution < -0.4 is 14.4 Å². The maximum absolute atomic E-state index is 5.75. The summed E-state index contributed by atoms with van der Waals surface area (Å²) >= 11 is 0. The summed E-state index contributed by atoms with van der Waals surface area (Å²) in [7, 11) is 5.54. The van der Waals surface area contributed by atoms with E-state index in [1.165, 1.54) is 0 Å². The van der Waals surface area contributed by atoms with Crippen molar-refractivity contribution in [1.82, 2.24) is 4.98 Å². The molecule has 4 nitrogen and oxygen atoms in total. The third kappa shape index (κ3) is 2.32. The standard InChI is InChI=1S/C11H16N2O2/c1-13(2)11-6-9(15-8-4-5-8)10(14-3)7-12-11/h6-8H,4-5H2,1-3H3. The maximum Gasteiger partial charge on any atom is 0.179 e. The molecular formula is C11H16N2O2. The first-order chi connectivity index (χ1) is 7.20. The van der Waals surface area contributed by atoms with Crippen LogP contribution in [0.5, 0.6) is 11.5 Å². The lowest BCUT2D eigenvalue weighted by Crippen LogP contribution is -2.11. The van der Waals surface area contributed by atoms with E-state index in [-0.39, 0.29) is 0 Å². The predicted molar refractivity (Wildman–Crippen MR) is 58.8 cm³/mol. The van der Waals surface area contributed by atoms with Crippen molar-refractivity contribution in [1.29, 1.82) is 0 Å². The molecule has 1 fully saturated rings. The smallest absolute Gasteiger partial charge is 0.179 e. The molecule has 0 unspecified atom stereocenters. The molecule has 1 aliphatic carbocycles. The fourth-order valence-corrected chi connectivity index (χ4v) is 1.27. The fraction of sp³-hybridized carbons (Fsp3) is 0.545. The number of rotatable bonds is 4. The Morgan fingerprint density at radius 1 is 1.33 bits per heavy atom. The van der Waals surface area contributed by atoms with Gasteiger partial charge in [0.25, 0.3) is 0 Å². The monoisotopic (exact) mass is 208 g/mol. The molecule has 0 N–H and O–H groups in total. The van der Waals surface area contributed by atoms with E-state index in [0.717, 1.165) is 24.4 Å². The zero-order valence-electron chi connectivity index (χ0n) is 9.36.